The summed E-state index contributed by atoms with van der Waals surface area (Å²) in [6, 6.07) is 15.9. The van der Waals surface area contributed by atoms with Gasteiger partial charge in [0.25, 0.3) is 11.8 Å². The highest BCUT2D eigenvalue weighted by atomic mass is 79.9. The van der Waals surface area contributed by atoms with E-state index in [0.29, 0.717) is 38.4 Å². The van der Waals surface area contributed by atoms with Crippen molar-refractivity contribution in [2.75, 3.05) is 11.5 Å². The van der Waals surface area contributed by atoms with Gasteiger partial charge in [-0.05, 0) is 83.6 Å². The van der Waals surface area contributed by atoms with Crippen molar-refractivity contribution in [2.24, 2.45) is 0 Å². The number of carbonyl (C=O) groups excluding carboxylic acids is 2. The summed E-state index contributed by atoms with van der Waals surface area (Å²) in [5, 5.41) is 3.77. The Kier molecular flexibility index (Phi) is 7.23. The Morgan fingerprint density at radius 2 is 1.97 bits per heavy atom. The highest BCUT2D eigenvalue weighted by molar-refractivity contribution is 9.10. The first-order valence-electron chi connectivity index (χ1n) is 9.72. The number of hydrogen-bond donors (Lipinski definition) is 1. The van der Waals surface area contributed by atoms with Gasteiger partial charge in [0, 0.05) is 16.0 Å². The fourth-order valence-corrected chi connectivity index (χ4v) is 4.77. The van der Waals surface area contributed by atoms with Crippen molar-refractivity contribution in [3.63, 3.8) is 0 Å². The van der Waals surface area contributed by atoms with Crippen LogP contribution < -0.4 is 15.0 Å². The molecule has 0 radical (unpaired) electrons. The number of nitrogens with one attached hydrogen (secondary N) is 1. The largest absolute Gasteiger partial charge is 0.494 e. The van der Waals surface area contributed by atoms with Gasteiger partial charge in [-0.1, -0.05) is 29.4 Å². The summed E-state index contributed by atoms with van der Waals surface area (Å²) in [6.07, 6.45) is 1.40. The van der Waals surface area contributed by atoms with Crippen molar-refractivity contribution >= 4 is 80.2 Å². The molecule has 0 spiro atoms. The molecule has 1 aromatic heterocycles. The smallest absolute Gasteiger partial charge is 0.270 e. The van der Waals surface area contributed by atoms with E-state index in [1.165, 1.54) is 22.7 Å². The van der Waals surface area contributed by atoms with Crippen molar-refractivity contribution < 1.29 is 18.7 Å². The Hall–Kier alpha value is -2.59. The highest BCUT2D eigenvalue weighted by Crippen LogP contribution is 2.37. The maximum atomic E-state index is 13.2. The molecule has 1 fully saturated rings. The molecule has 2 heterocycles. The summed E-state index contributed by atoms with van der Waals surface area (Å²) >= 11 is 16.0. The predicted molar refractivity (Wildman–Crippen MR) is 136 cm³/mol. The van der Waals surface area contributed by atoms with E-state index in [-0.39, 0.29) is 10.7 Å². The van der Waals surface area contributed by atoms with Gasteiger partial charge in [0.05, 0.1) is 16.8 Å². The molecular formula is C23H16BrClN2O4S2. The van der Waals surface area contributed by atoms with Gasteiger partial charge < -0.3 is 9.15 Å². The van der Waals surface area contributed by atoms with E-state index in [4.69, 9.17) is 33.0 Å². The molecule has 0 bridgehead atoms. The summed E-state index contributed by atoms with van der Waals surface area (Å²) in [5.41, 5.74) is 0.385. The molecule has 2 aromatic carbocycles. The minimum atomic E-state index is -0.596. The van der Waals surface area contributed by atoms with E-state index in [1.807, 2.05) is 19.1 Å². The van der Waals surface area contributed by atoms with Gasteiger partial charge in [0.15, 0.2) is 10.2 Å². The number of carbonyl (C=O) groups is 2. The molecule has 1 saturated heterocycles. The van der Waals surface area contributed by atoms with Crippen LogP contribution in [0.25, 0.3) is 6.08 Å². The van der Waals surface area contributed by atoms with Crippen LogP contribution in [-0.4, -0.2) is 23.5 Å². The summed E-state index contributed by atoms with van der Waals surface area (Å²) in [6.45, 7) is 2.35. The van der Waals surface area contributed by atoms with Crippen molar-refractivity contribution in [3.05, 3.63) is 75.4 Å². The molecule has 1 N–H and O–H groups in total. The Morgan fingerprint density at radius 3 is 2.70 bits per heavy atom. The molecule has 1 aliphatic rings. The van der Waals surface area contributed by atoms with E-state index in [2.05, 4.69) is 21.2 Å². The van der Waals surface area contributed by atoms with Crippen LogP contribution in [0.3, 0.4) is 0 Å². The third-order valence-corrected chi connectivity index (χ3v) is 6.86. The first-order chi connectivity index (χ1) is 15.9. The molecule has 0 atom stereocenters. The van der Waals surface area contributed by atoms with E-state index in [9.17, 15) is 9.59 Å². The Bertz CT molecular complexity index is 1270. The SMILES string of the molecule is CCOc1cccc(N2C(=O)/C(=C/c3cc(Br)c(Sc4ccc(Cl)cc4)o3)C(=O)NC2=S)c1. The van der Waals surface area contributed by atoms with Gasteiger partial charge in [0.1, 0.15) is 17.1 Å². The second kappa shape index (κ2) is 10.1. The zero-order chi connectivity index (χ0) is 23.5. The topological polar surface area (TPSA) is 71.8 Å². The second-order valence-electron chi connectivity index (χ2n) is 6.73. The molecular weight excluding hydrogens is 548 g/mol. The average Bonchev–Trinajstić information content (AvgIpc) is 3.12. The molecule has 6 nitrogen and oxygen atoms in total. The van der Waals surface area contributed by atoms with E-state index < -0.39 is 11.8 Å². The van der Waals surface area contributed by atoms with Gasteiger partial charge in [0.2, 0.25) is 0 Å². The van der Waals surface area contributed by atoms with Crippen LogP contribution in [0.15, 0.2) is 79.0 Å². The lowest BCUT2D eigenvalue weighted by Crippen LogP contribution is -2.54. The molecule has 2 amide bonds. The first kappa shape index (κ1) is 23.6. The molecule has 4 rings (SSSR count). The van der Waals surface area contributed by atoms with Gasteiger partial charge in [-0.15, -0.1) is 0 Å². The highest BCUT2D eigenvalue weighted by Gasteiger charge is 2.35. The molecule has 0 saturated carbocycles. The lowest BCUT2D eigenvalue weighted by molar-refractivity contribution is -0.122. The quantitative estimate of drug-likeness (QED) is 0.223. The van der Waals surface area contributed by atoms with Crippen LogP contribution in [0.5, 0.6) is 5.75 Å². The number of rotatable bonds is 6. The van der Waals surface area contributed by atoms with Gasteiger partial charge >= 0.3 is 0 Å². The summed E-state index contributed by atoms with van der Waals surface area (Å²) in [7, 11) is 0. The molecule has 0 aliphatic carbocycles. The molecule has 1 aliphatic heterocycles. The zero-order valence-electron chi connectivity index (χ0n) is 17.1. The minimum absolute atomic E-state index is 0.00425. The normalized spacial score (nSPS) is 15.2. The van der Waals surface area contributed by atoms with Gasteiger partial charge in [-0.25, -0.2) is 0 Å². The van der Waals surface area contributed by atoms with E-state index >= 15 is 0 Å². The third-order valence-electron chi connectivity index (χ3n) is 4.47. The first-order valence-corrected chi connectivity index (χ1v) is 12.1. The Labute approximate surface area is 213 Å². The zero-order valence-corrected chi connectivity index (χ0v) is 21.1. The fourth-order valence-electron chi connectivity index (χ4n) is 3.03. The number of thiocarbonyl (C=S) groups is 1. The number of benzene rings is 2. The predicted octanol–water partition coefficient (Wildman–Crippen LogP) is 6.08. The van der Waals surface area contributed by atoms with Crippen LogP contribution in [0, 0.1) is 0 Å². The van der Waals surface area contributed by atoms with E-state index in [0.717, 1.165) is 4.90 Å². The summed E-state index contributed by atoms with van der Waals surface area (Å²) in [4.78, 5) is 28.0. The van der Waals surface area contributed by atoms with Crippen molar-refractivity contribution in [1.82, 2.24) is 5.32 Å². The van der Waals surface area contributed by atoms with E-state index in [1.54, 1.807) is 42.5 Å². The molecule has 33 heavy (non-hydrogen) atoms. The van der Waals surface area contributed by atoms with Crippen LogP contribution in [-0.2, 0) is 9.59 Å². The molecule has 0 unspecified atom stereocenters. The van der Waals surface area contributed by atoms with Crippen LogP contribution in [0.4, 0.5) is 5.69 Å². The fraction of sp³-hybridized carbons (Fsp3) is 0.0870. The van der Waals surface area contributed by atoms with Crippen molar-refractivity contribution in [1.29, 1.82) is 0 Å². The van der Waals surface area contributed by atoms with Crippen LogP contribution >= 0.6 is 51.5 Å². The Balaban J connectivity index is 1.62. The Morgan fingerprint density at radius 1 is 1.21 bits per heavy atom. The number of halogens is 2. The number of amides is 2. The lowest BCUT2D eigenvalue weighted by Gasteiger charge is -2.29. The van der Waals surface area contributed by atoms with Crippen molar-refractivity contribution in [2.45, 2.75) is 16.9 Å². The lowest BCUT2D eigenvalue weighted by atomic mass is 10.1. The monoisotopic (exact) mass is 562 g/mol. The van der Waals surface area contributed by atoms with Crippen LogP contribution in [0.1, 0.15) is 12.7 Å². The number of furan rings is 1. The molecule has 10 heteroatoms. The molecule has 3 aromatic rings. The standard InChI is InChI=1S/C23H16BrClN2O4S2/c1-2-30-15-5-3-4-14(10-15)27-21(29)18(20(28)26-23(27)32)11-16-12-19(24)22(31-16)33-17-8-6-13(25)7-9-17/h3-12H,2H2,1H3,(H,26,28,32)/b18-11+. The van der Waals surface area contributed by atoms with Crippen LogP contribution in [0.2, 0.25) is 5.02 Å². The van der Waals surface area contributed by atoms with Crippen molar-refractivity contribution in [3.8, 4) is 5.75 Å². The number of hydrogen-bond acceptors (Lipinski definition) is 6. The minimum Gasteiger partial charge on any atom is -0.494 e. The second-order valence-corrected chi connectivity index (χ2v) is 9.45. The van der Waals surface area contributed by atoms with Gasteiger partial charge in [-0.3, -0.25) is 19.8 Å². The summed E-state index contributed by atoms with van der Waals surface area (Å²) < 4.78 is 12.1. The molecule has 168 valence electrons. The maximum Gasteiger partial charge on any atom is 0.270 e. The average molecular weight is 564 g/mol. The number of anilines is 1. The number of nitrogens with zero attached hydrogens (tertiary/aromatic N) is 1. The third kappa shape index (κ3) is 5.33. The maximum absolute atomic E-state index is 13.2. The van der Waals surface area contributed by atoms with Gasteiger partial charge in [-0.2, -0.15) is 0 Å². The number of ether oxygens (including phenoxy) is 1. The summed E-state index contributed by atoms with van der Waals surface area (Å²) in [5.74, 6) is -0.224.